The Bertz CT molecular complexity index is 502. The number of halogens is 1. The van der Waals surface area contributed by atoms with Crippen molar-refractivity contribution >= 4 is 25.8 Å². The summed E-state index contributed by atoms with van der Waals surface area (Å²) in [5.74, 6) is 0. The largest absolute Gasteiger partial charge is 0.316 e. The van der Waals surface area contributed by atoms with Crippen LogP contribution < -0.4 is 5.32 Å². The van der Waals surface area contributed by atoms with Gasteiger partial charge in [0.1, 0.15) is 0 Å². The summed E-state index contributed by atoms with van der Waals surface area (Å²) >= 11 is 3.34. The molecule has 0 amide bonds. The number of rotatable bonds is 7. The average Bonchev–Trinajstić information content (AvgIpc) is 2.38. The average molecular weight is 348 g/mol. The minimum Gasteiger partial charge on any atom is -0.316 e. The summed E-state index contributed by atoms with van der Waals surface area (Å²) in [7, 11) is -1.49. The van der Waals surface area contributed by atoms with Crippen LogP contribution in [0.4, 0.5) is 0 Å². The number of hydrogen-bond acceptors (Lipinski definition) is 3. The van der Waals surface area contributed by atoms with Crippen LogP contribution in [0.25, 0.3) is 0 Å². The highest BCUT2D eigenvalue weighted by molar-refractivity contribution is 9.10. The lowest BCUT2D eigenvalue weighted by atomic mass is 10.1. The molecule has 0 saturated carbocycles. The SMILES string of the molecule is CCCC(NC)C(CC)S(=O)(=O)c1ccccc1Br. The minimum atomic E-state index is -3.32. The Labute approximate surface area is 124 Å². The van der Waals surface area contributed by atoms with Gasteiger partial charge in [-0.3, -0.25) is 0 Å². The fourth-order valence-electron chi connectivity index (χ4n) is 2.39. The second kappa shape index (κ2) is 7.41. The second-order valence-electron chi connectivity index (χ2n) is 4.61. The zero-order chi connectivity index (χ0) is 14.5. The van der Waals surface area contributed by atoms with Gasteiger partial charge in [0, 0.05) is 10.5 Å². The summed E-state index contributed by atoms with van der Waals surface area (Å²) in [6.45, 7) is 4.00. The first-order valence-corrected chi connectivity index (χ1v) is 8.98. The van der Waals surface area contributed by atoms with E-state index in [9.17, 15) is 8.42 Å². The molecule has 19 heavy (non-hydrogen) atoms. The molecule has 0 spiro atoms. The van der Waals surface area contributed by atoms with E-state index in [0.717, 1.165) is 12.8 Å². The molecule has 2 unspecified atom stereocenters. The summed E-state index contributed by atoms with van der Waals surface area (Å²) in [6.07, 6.45) is 2.43. The zero-order valence-electron chi connectivity index (χ0n) is 11.7. The highest BCUT2D eigenvalue weighted by Crippen LogP contribution is 2.28. The molecule has 0 aliphatic rings. The van der Waals surface area contributed by atoms with Gasteiger partial charge in [-0.25, -0.2) is 8.42 Å². The highest BCUT2D eigenvalue weighted by atomic mass is 79.9. The molecule has 0 aliphatic carbocycles. The van der Waals surface area contributed by atoms with Crippen molar-refractivity contribution in [3.63, 3.8) is 0 Å². The zero-order valence-corrected chi connectivity index (χ0v) is 14.1. The van der Waals surface area contributed by atoms with Crippen LogP contribution in [0.3, 0.4) is 0 Å². The summed E-state index contributed by atoms with van der Waals surface area (Å²) < 4.78 is 26.2. The third kappa shape index (κ3) is 3.80. The lowest BCUT2D eigenvalue weighted by molar-refractivity contribution is 0.464. The van der Waals surface area contributed by atoms with E-state index in [1.165, 1.54) is 0 Å². The van der Waals surface area contributed by atoms with E-state index < -0.39 is 15.1 Å². The smallest absolute Gasteiger partial charge is 0.183 e. The molecule has 0 saturated heterocycles. The Kier molecular flexibility index (Phi) is 6.50. The van der Waals surface area contributed by atoms with Gasteiger partial charge in [0.2, 0.25) is 0 Å². The second-order valence-corrected chi connectivity index (χ2v) is 7.60. The quantitative estimate of drug-likeness (QED) is 0.822. The first-order chi connectivity index (χ1) is 8.98. The third-order valence-corrected chi connectivity index (χ3v) is 6.75. The Hall–Kier alpha value is -0.390. The predicted octanol–water partition coefficient (Wildman–Crippen LogP) is 3.39. The van der Waals surface area contributed by atoms with E-state index in [1.807, 2.05) is 20.0 Å². The first kappa shape index (κ1) is 16.7. The van der Waals surface area contributed by atoms with Crippen LogP contribution in [-0.2, 0) is 9.84 Å². The van der Waals surface area contributed by atoms with Crippen LogP contribution in [0.15, 0.2) is 33.6 Å². The van der Waals surface area contributed by atoms with Gasteiger partial charge in [-0.05, 0) is 48.0 Å². The van der Waals surface area contributed by atoms with Crippen molar-refractivity contribution in [2.75, 3.05) is 7.05 Å². The standard InChI is InChI=1S/C14H22BrNO2S/c1-4-8-12(16-3)13(5-2)19(17,18)14-10-7-6-9-11(14)15/h6-7,9-10,12-13,16H,4-5,8H2,1-3H3. The van der Waals surface area contributed by atoms with Crippen LogP contribution in [0.5, 0.6) is 0 Å². The van der Waals surface area contributed by atoms with E-state index in [4.69, 9.17) is 0 Å². The molecule has 0 bridgehead atoms. The van der Waals surface area contributed by atoms with Gasteiger partial charge in [-0.15, -0.1) is 0 Å². The summed E-state index contributed by atoms with van der Waals surface area (Å²) in [5, 5.41) is 2.76. The fraction of sp³-hybridized carbons (Fsp3) is 0.571. The molecule has 108 valence electrons. The number of benzene rings is 1. The van der Waals surface area contributed by atoms with Crippen molar-refractivity contribution < 1.29 is 8.42 Å². The monoisotopic (exact) mass is 347 g/mol. The fourth-order valence-corrected chi connectivity index (χ4v) is 5.43. The molecule has 0 fully saturated rings. The van der Waals surface area contributed by atoms with E-state index in [0.29, 0.717) is 15.8 Å². The van der Waals surface area contributed by atoms with Gasteiger partial charge < -0.3 is 5.32 Å². The Balaban J connectivity index is 3.19. The van der Waals surface area contributed by atoms with Crippen LogP contribution >= 0.6 is 15.9 Å². The van der Waals surface area contributed by atoms with Crippen LogP contribution in [0, 0.1) is 0 Å². The molecule has 3 nitrogen and oxygen atoms in total. The van der Waals surface area contributed by atoms with Crippen molar-refractivity contribution in [3.8, 4) is 0 Å². The van der Waals surface area contributed by atoms with Crippen molar-refractivity contribution in [2.24, 2.45) is 0 Å². The number of hydrogen-bond donors (Lipinski definition) is 1. The van der Waals surface area contributed by atoms with Gasteiger partial charge in [0.05, 0.1) is 10.1 Å². The highest BCUT2D eigenvalue weighted by Gasteiger charge is 2.33. The molecule has 0 heterocycles. The van der Waals surface area contributed by atoms with Crippen LogP contribution in [0.1, 0.15) is 33.1 Å². The molecule has 0 radical (unpaired) electrons. The van der Waals surface area contributed by atoms with E-state index in [-0.39, 0.29) is 6.04 Å². The molecular weight excluding hydrogens is 326 g/mol. The summed E-state index contributed by atoms with van der Waals surface area (Å²) in [6, 6.07) is 7.02. The van der Waals surface area contributed by atoms with Crippen molar-refractivity contribution in [1.29, 1.82) is 0 Å². The minimum absolute atomic E-state index is 0.00731. The molecule has 2 atom stereocenters. The number of nitrogens with one attached hydrogen (secondary N) is 1. The lowest BCUT2D eigenvalue weighted by Crippen LogP contribution is -2.42. The van der Waals surface area contributed by atoms with Crippen molar-refractivity contribution in [3.05, 3.63) is 28.7 Å². The van der Waals surface area contributed by atoms with Crippen molar-refractivity contribution in [1.82, 2.24) is 5.32 Å². The Morgan fingerprint density at radius 2 is 1.89 bits per heavy atom. The molecular formula is C14H22BrNO2S. The predicted molar refractivity (Wildman–Crippen MR) is 83.2 cm³/mol. The molecule has 1 aromatic rings. The van der Waals surface area contributed by atoms with Gasteiger partial charge in [-0.1, -0.05) is 32.4 Å². The maximum absolute atomic E-state index is 12.8. The summed E-state index contributed by atoms with van der Waals surface area (Å²) in [4.78, 5) is 0.387. The first-order valence-electron chi connectivity index (χ1n) is 6.64. The summed E-state index contributed by atoms with van der Waals surface area (Å²) in [5.41, 5.74) is 0. The van der Waals surface area contributed by atoms with E-state index in [1.54, 1.807) is 18.2 Å². The van der Waals surface area contributed by atoms with Crippen LogP contribution in [-0.4, -0.2) is 26.8 Å². The molecule has 0 aromatic heterocycles. The molecule has 1 aromatic carbocycles. The topological polar surface area (TPSA) is 46.2 Å². The number of sulfone groups is 1. The molecule has 0 aliphatic heterocycles. The maximum atomic E-state index is 12.8. The van der Waals surface area contributed by atoms with Gasteiger partial charge in [-0.2, -0.15) is 0 Å². The van der Waals surface area contributed by atoms with E-state index >= 15 is 0 Å². The lowest BCUT2D eigenvalue weighted by Gasteiger charge is -2.26. The van der Waals surface area contributed by atoms with Crippen molar-refractivity contribution in [2.45, 2.75) is 49.3 Å². The maximum Gasteiger partial charge on any atom is 0.183 e. The molecule has 5 heteroatoms. The third-order valence-electron chi connectivity index (χ3n) is 3.36. The normalized spacial score (nSPS) is 15.2. The Morgan fingerprint density at radius 3 is 2.37 bits per heavy atom. The van der Waals surface area contributed by atoms with E-state index in [2.05, 4.69) is 28.2 Å². The molecule has 1 N–H and O–H groups in total. The Morgan fingerprint density at radius 1 is 1.26 bits per heavy atom. The van der Waals surface area contributed by atoms with Gasteiger partial charge >= 0.3 is 0 Å². The van der Waals surface area contributed by atoms with Gasteiger partial charge in [0.15, 0.2) is 9.84 Å². The van der Waals surface area contributed by atoms with Crippen LogP contribution in [0.2, 0.25) is 0 Å². The van der Waals surface area contributed by atoms with Gasteiger partial charge in [0.25, 0.3) is 0 Å². The molecule has 1 rings (SSSR count).